The van der Waals surface area contributed by atoms with Crippen LogP contribution in [0.5, 0.6) is 5.75 Å². The Morgan fingerprint density at radius 1 is 1.09 bits per heavy atom. The summed E-state index contributed by atoms with van der Waals surface area (Å²) in [5, 5.41) is 18.6. The Morgan fingerprint density at radius 2 is 1.80 bits per heavy atom. The molecule has 4 amide bonds. The number of halogens is 3. The molecule has 0 aliphatic carbocycles. The van der Waals surface area contributed by atoms with Crippen LogP contribution in [0.25, 0.3) is 11.0 Å². The first-order valence-electron chi connectivity index (χ1n) is 22.8. The third-order valence-corrected chi connectivity index (χ3v) is 14.7. The normalized spacial score (nSPS) is 26.6. The van der Waals surface area contributed by atoms with Crippen LogP contribution in [0.4, 0.5) is 10.5 Å². The summed E-state index contributed by atoms with van der Waals surface area (Å²) in [6, 6.07) is 7.74. The van der Waals surface area contributed by atoms with Crippen molar-refractivity contribution in [1.29, 1.82) is 0 Å². The molecule has 20 heteroatoms. The third-order valence-electron chi connectivity index (χ3n) is 13.2. The number of hydrogen-bond donors (Lipinski definition) is 3. The molecule has 374 valence electrons. The van der Waals surface area contributed by atoms with Crippen molar-refractivity contribution in [3.63, 3.8) is 0 Å². The van der Waals surface area contributed by atoms with Gasteiger partial charge in [0.2, 0.25) is 11.8 Å². The van der Waals surface area contributed by atoms with Gasteiger partial charge >= 0.3 is 12.1 Å². The van der Waals surface area contributed by atoms with Crippen LogP contribution in [-0.2, 0) is 50.4 Å². The number of ether oxygens (including phenoxy) is 5. The number of esters is 1. The summed E-state index contributed by atoms with van der Waals surface area (Å²) in [5.41, 5.74) is 2.37. The van der Waals surface area contributed by atoms with Crippen molar-refractivity contribution in [3.8, 4) is 5.75 Å². The van der Waals surface area contributed by atoms with Gasteiger partial charge in [0.15, 0.2) is 5.72 Å². The Balaban J connectivity index is 1.12. The molecule has 17 nitrogen and oxygen atoms in total. The molecule has 69 heavy (non-hydrogen) atoms. The van der Waals surface area contributed by atoms with E-state index in [1.54, 1.807) is 70.3 Å². The van der Waals surface area contributed by atoms with Crippen molar-refractivity contribution in [3.05, 3.63) is 81.7 Å². The molecular weight excluding hydrogens is 1040 g/mol. The smallest absolute Gasteiger partial charge is 0.409 e. The maximum atomic E-state index is 14.3. The van der Waals surface area contributed by atoms with Crippen LogP contribution in [0.1, 0.15) is 93.5 Å². The van der Waals surface area contributed by atoms with Crippen molar-refractivity contribution in [1.82, 2.24) is 25.5 Å². The summed E-state index contributed by atoms with van der Waals surface area (Å²) >= 11 is 13.7. The minimum atomic E-state index is -1.86. The van der Waals surface area contributed by atoms with Gasteiger partial charge in [0.25, 0.3) is 5.91 Å². The van der Waals surface area contributed by atoms with Gasteiger partial charge in [-0.1, -0.05) is 80.6 Å². The Hall–Kier alpha value is -4.66. The van der Waals surface area contributed by atoms with E-state index >= 15 is 0 Å². The number of nitrogens with zero attached hydrogens (tertiary/aromatic N) is 4. The van der Waals surface area contributed by atoms with Crippen molar-refractivity contribution in [2.24, 2.45) is 5.92 Å². The molecule has 0 radical (unpaired) electrons. The molecule has 2 aromatic carbocycles. The molecule has 1 aromatic heterocycles. The highest BCUT2D eigenvalue weighted by Gasteiger charge is 2.64. The first-order chi connectivity index (χ1) is 32.8. The highest BCUT2D eigenvalue weighted by molar-refractivity contribution is 9.09. The van der Waals surface area contributed by atoms with Crippen LogP contribution in [0, 0.1) is 5.92 Å². The Labute approximate surface area is 424 Å². The number of carbonyl (C=O) groups is 5. The average molecular weight is 1110 g/mol. The first-order valence-corrected chi connectivity index (χ1v) is 25.4. The lowest BCUT2D eigenvalue weighted by atomic mass is 9.83. The highest BCUT2D eigenvalue weighted by Crippen LogP contribution is 2.49. The lowest BCUT2D eigenvalue weighted by molar-refractivity contribution is -0.162. The van der Waals surface area contributed by atoms with Gasteiger partial charge < -0.3 is 43.9 Å². The van der Waals surface area contributed by atoms with Crippen LogP contribution in [0.2, 0.25) is 5.02 Å². The topological polar surface area (TPSA) is 211 Å². The lowest BCUT2D eigenvalue weighted by Gasteiger charge is -2.42. The number of anilines is 1. The highest BCUT2D eigenvalue weighted by atomic mass is 79.9. The Kier molecular flexibility index (Phi) is 17.9. The predicted molar refractivity (Wildman–Crippen MR) is 267 cm³/mol. The number of nitrogens with one attached hydrogen (secondary N) is 2. The van der Waals surface area contributed by atoms with E-state index in [9.17, 15) is 29.1 Å². The number of aliphatic hydroxyl groups is 1. The number of methoxy groups -OCH3 is 2. The van der Waals surface area contributed by atoms with Gasteiger partial charge in [-0.2, -0.15) is 0 Å². The molecule has 4 bridgehead atoms. The molecule has 2 saturated heterocycles. The molecule has 0 spiro atoms. The fourth-order valence-electron chi connectivity index (χ4n) is 8.76. The molecule has 8 atom stereocenters. The molecule has 0 saturated carbocycles. The van der Waals surface area contributed by atoms with Crippen molar-refractivity contribution >= 4 is 90.0 Å². The van der Waals surface area contributed by atoms with E-state index in [0.717, 1.165) is 22.5 Å². The summed E-state index contributed by atoms with van der Waals surface area (Å²) in [7, 11) is 6.00. The van der Waals surface area contributed by atoms with Crippen LogP contribution < -0.4 is 20.3 Å². The lowest BCUT2D eigenvalue weighted by Crippen LogP contribution is -2.63. The predicted octanol–water partition coefficient (Wildman–Crippen LogP) is 7.24. The number of allylic oxidation sites excluding steroid dienone is 3. The van der Waals surface area contributed by atoms with Gasteiger partial charge in [-0.3, -0.25) is 19.7 Å². The van der Waals surface area contributed by atoms with Crippen LogP contribution in [0.3, 0.4) is 0 Å². The van der Waals surface area contributed by atoms with Crippen LogP contribution >= 0.6 is 43.5 Å². The van der Waals surface area contributed by atoms with Gasteiger partial charge in [0.1, 0.15) is 40.7 Å². The standard InChI is InChI=1S/C49H61Br2ClN6O11/c1-27-13-12-14-39(66-8)49(64)24-38(67-47(63)56-49)28(2)44-48(4,69-44)40(23-42(60)58(6)36-20-30(19-27)21-37(65-7)43(36)52)68-46(62)29(3)57(5)41(59)15-10-9-11-18-53-45(61)31-16-17-32-33(22-31)55-35(26-51)34(25-50)54-32/h12-14,16-17,20-22,28-29,38-40,44,64H,9-11,15,18-19,23-26H2,1-8H3,(H,53,61)(H,56,63)/b14-12+,27-13+/t28-,29-,38+,39-,40+,44?,48+,49+/m1/s1. The van der Waals surface area contributed by atoms with E-state index in [0.29, 0.717) is 70.9 Å². The van der Waals surface area contributed by atoms with Crippen molar-refractivity contribution in [2.45, 2.75) is 125 Å². The number of likely N-dealkylation sites (N-methyl/N-ethyl adjacent to an activating group) is 1. The van der Waals surface area contributed by atoms with E-state index < -0.39 is 65.7 Å². The number of alkyl carbamates (subject to hydrolysis) is 1. The Morgan fingerprint density at radius 3 is 2.48 bits per heavy atom. The third kappa shape index (κ3) is 12.5. The minimum Gasteiger partial charge on any atom is -0.495 e. The largest absolute Gasteiger partial charge is 0.495 e. The van der Waals surface area contributed by atoms with Gasteiger partial charge in [0, 0.05) is 62.7 Å². The summed E-state index contributed by atoms with van der Waals surface area (Å²) < 4.78 is 29.5. The quantitative estimate of drug-likeness (QED) is 0.0630. The molecule has 3 aliphatic rings. The number of amides is 4. The second-order valence-corrected chi connectivity index (χ2v) is 19.6. The number of fused-ring (bicyclic) bond motifs is 6. The molecule has 2 fully saturated rings. The zero-order valence-corrected chi connectivity index (χ0v) is 44.0. The Bertz CT molecular complexity index is 2500. The zero-order valence-electron chi connectivity index (χ0n) is 40.1. The number of alkyl halides is 2. The minimum absolute atomic E-state index is 0.0745. The van der Waals surface area contributed by atoms with E-state index in [-0.39, 0.29) is 36.1 Å². The maximum absolute atomic E-state index is 14.3. The second-order valence-electron chi connectivity index (χ2n) is 18.1. The summed E-state index contributed by atoms with van der Waals surface area (Å²) in [4.78, 5) is 79.7. The number of benzene rings is 2. The number of hydrogen-bond acceptors (Lipinski definition) is 13. The van der Waals surface area contributed by atoms with Gasteiger partial charge in [0.05, 0.1) is 47.7 Å². The summed E-state index contributed by atoms with van der Waals surface area (Å²) in [6.45, 7) is 7.37. The molecule has 4 heterocycles. The van der Waals surface area contributed by atoms with Crippen molar-refractivity contribution in [2.75, 3.05) is 39.8 Å². The molecule has 3 aliphatic heterocycles. The van der Waals surface area contributed by atoms with Crippen LogP contribution in [0.15, 0.2) is 54.1 Å². The van der Waals surface area contributed by atoms with Gasteiger partial charge in [-0.15, -0.1) is 0 Å². The van der Waals surface area contributed by atoms with E-state index in [1.807, 2.05) is 13.0 Å². The number of carbonyl (C=O) groups excluding carboxylic acids is 5. The zero-order chi connectivity index (χ0) is 50.4. The number of epoxide rings is 1. The van der Waals surface area contributed by atoms with E-state index in [2.05, 4.69) is 52.5 Å². The summed E-state index contributed by atoms with van der Waals surface area (Å²) in [6.07, 6.45) is 2.60. The first kappa shape index (κ1) is 53.7. The second kappa shape index (κ2) is 23.1. The van der Waals surface area contributed by atoms with Crippen LogP contribution in [-0.4, -0.2) is 126 Å². The number of aromatic nitrogens is 2. The monoisotopic (exact) mass is 1100 g/mol. The summed E-state index contributed by atoms with van der Waals surface area (Å²) in [5.74, 6) is -1.96. The van der Waals surface area contributed by atoms with E-state index in [1.165, 1.54) is 31.1 Å². The number of unbranched alkanes of at least 4 members (excludes halogenated alkanes) is 2. The average Bonchev–Trinajstić information content (AvgIpc) is 4.03. The fourth-order valence-corrected chi connectivity index (χ4v) is 9.97. The van der Waals surface area contributed by atoms with Gasteiger partial charge in [-0.25, -0.2) is 19.6 Å². The van der Waals surface area contributed by atoms with Crippen molar-refractivity contribution < 1.29 is 52.8 Å². The fraction of sp³-hybridized carbons (Fsp3) is 0.531. The molecule has 1 unspecified atom stereocenters. The maximum Gasteiger partial charge on any atom is 0.409 e. The molecule has 3 aromatic rings. The molecule has 6 rings (SSSR count). The molecule has 3 N–H and O–H groups in total. The molecular formula is C49H61Br2ClN6O11. The van der Waals surface area contributed by atoms with Gasteiger partial charge in [-0.05, 0) is 75.9 Å². The number of rotatable bonds is 14. The SMILES string of the molecule is COc1cc2cc(c1Cl)N(C)C(=O)C[C@H](OC(=O)[C@@H](C)N(C)C(=O)CCCCCNC(=O)c1ccc3nc(CBr)c(CBr)nc3c1)[C@]1(C)OC1[C@H](C)[C@@H]1C[C@@](O)(NC(=O)O1)[C@H](OC)/C=C/C=C(\C)C2. The van der Waals surface area contributed by atoms with E-state index in [4.69, 9.17) is 35.3 Å².